The van der Waals surface area contributed by atoms with Crippen LogP contribution in [0.5, 0.6) is 11.5 Å². The zero-order chi connectivity index (χ0) is 20.6. The number of likely N-dealkylation sites (N-methyl/N-ethyl adjacent to an activating group) is 1. The number of rotatable bonds is 8. The maximum atomic E-state index is 12.4. The van der Waals surface area contributed by atoms with Crippen LogP contribution in [-0.2, 0) is 9.53 Å². The summed E-state index contributed by atoms with van der Waals surface area (Å²) in [5, 5.41) is 2.78. The zero-order valence-electron chi connectivity index (χ0n) is 16.7. The molecule has 2 aromatic rings. The molecule has 0 spiro atoms. The molecule has 154 valence electrons. The van der Waals surface area contributed by atoms with Crippen LogP contribution in [0.1, 0.15) is 24.2 Å². The van der Waals surface area contributed by atoms with Crippen molar-refractivity contribution in [1.29, 1.82) is 0 Å². The molecule has 1 aliphatic rings. The summed E-state index contributed by atoms with van der Waals surface area (Å²) < 4.78 is 16.6. The fourth-order valence-electron chi connectivity index (χ4n) is 2.95. The number of hydrogen-bond acceptors (Lipinski definition) is 6. The first kappa shape index (κ1) is 20.7. The van der Waals surface area contributed by atoms with Crippen molar-refractivity contribution in [3.63, 3.8) is 0 Å². The van der Waals surface area contributed by atoms with Crippen molar-refractivity contribution in [3.8, 4) is 11.5 Å². The lowest BCUT2D eigenvalue weighted by atomic mass is 10.2. The minimum absolute atomic E-state index is 0.139. The van der Waals surface area contributed by atoms with E-state index in [1.807, 2.05) is 12.1 Å². The molecule has 0 aromatic heterocycles. The number of carbonyl (C=O) groups excluding carboxylic acids is 2. The number of carbonyl (C=O) groups is 2. The molecule has 7 nitrogen and oxygen atoms in total. The van der Waals surface area contributed by atoms with E-state index in [-0.39, 0.29) is 18.5 Å². The second kappa shape index (κ2) is 9.93. The van der Waals surface area contributed by atoms with Gasteiger partial charge in [-0.1, -0.05) is 26.0 Å². The molecule has 0 unspecified atom stereocenters. The maximum absolute atomic E-state index is 12.4. The smallest absolute Gasteiger partial charge is 0.338 e. The summed E-state index contributed by atoms with van der Waals surface area (Å²) in [7, 11) is 0. The molecule has 0 aliphatic carbocycles. The van der Waals surface area contributed by atoms with Crippen LogP contribution in [0.15, 0.2) is 48.5 Å². The highest BCUT2D eigenvalue weighted by Crippen LogP contribution is 2.31. The van der Waals surface area contributed by atoms with Crippen LogP contribution in [0, 0.1) is 0 Å². The van der Waals surface area contributed by atoms with E-state index in [0.29, 0.717) is 35.9 Å². The molecule has 1 amide bonds. The lowest BCUT2D eigenvalue weighted by Crippen LogP contribution is -2.40. The van der Waals surface area contributed by atoms with E-state index in [4.69, 9.17) is 14.2 Å². The number of nitrogens with one attached hydrogen (secondary N) is 1. The predicted octanol–water partition coefficient (Wildman–Crippen LogP) is 2.96. The Hall–Kier alpha value is -3.06. The molecule has 0 fully saturated rings. The van der Waals surface area contributed by atoms with E-state index in [1.54, 1.807) is 36.4 Å². The minimum Gasteiger partial charge on any atom is -0.485 e. The topological polar surface area (TPSA) is 77.1 Å². The van der Waals surface area contributed by atoms with Gasteiger partial charge in [0.1, 0.15) is 13.2 Å². The molecule has 1 atom stereocenters. The second-order valence-corrected chi connectivity index (χ2v) is 6.59. The molecule has 0 saturated carbocycles. The highest BCUT2D eigenvalue weighted by atomic mass is 16.6. The highest BCUT2D eigenvalue weighted by molar-refractivity contribution is 5.95. The van der Waals surface area contributed by atoms with Crippen molar-refractivity contribution in [1.82, 2.24) is 4.90 Å². The van der Waals surface area contributed by atoms with Crippen molar-refractivity contribution >= 4 is 17.6 Å². The van der Waals surface area contributed by atoms with Crippen LogP contribution in [-0.4, -0.2) is 55.7 Å². The number of ether oxygens (including phenoxy) is 3. The maximum Gasteiger partial charge on any atom is 0.338 e. The Labute approximate surface area is 170 Å². The van der Waals surface area contributed by atoms with Gasteiger partial charge in [0.05, 0.1) is 5.56 Å². The number of para-hydroxylation sites is 2. The molecule has 1 N–H and O–H groups in total. The number of esters is 1. The van der Waals surface area contributed by atoms with Gasteiger partial charge in [0.2, 0.25) is 6.10 Å². The summed E-state index contributed by atoms with van der Waals surface area (Å²) in [6.07, 6.45) is -0.741. The van der Waals surface area contributed by atoms with Crippen molar-refractivity contribution in [2.24, 2.45) is 0 Å². The van der Waals surface area contributed by atoms with Crippen LogP contribution in [0.4, 0.5) is 5.69 Å². The average Bonchev–Trinajstić information content (AvgIpc) is 2.76. The lowest BCUT2D eigenvalue weighted by molar-refractivity contribution is -0.125. The monoisotopic (exact) mass is 398 g/mol. The van der Waals surface area contributed by atoms with Crippen LogP contribution < -0.4 is 14.8 Å². The fraction of sp³-hybridized carbons (Fsp3) is 0.364. The molecule has 2 aromatic carbocycles. The molecular formula is C22H26N2O5. The van der Waals surface area contributed by atoms with Gasteiger partial charge >= 0.3 is 5.97 Å². The molecule has 7 heteroatoms. The normalized spacial score (nSPS) is 15.1. The Bertz CT molecular complexity index is 833. The third-order valence-electron chi connectivity index (χ3n) is 4.72. The number of nitrogens with zero attached hydrogens (tertiary/aromatic N) is 1. The molecule has 1 aliphatic heterocycles. The fourth-order valence-corrected chi connectivity index (χ4v) is 2.95. The Morgan fingerprint density at radius 3 is 2.45 bits per heavy atom. The number of benzene rings is 2. The first-order valence-corrected chi connectivity index (χ1v) is 9.79. The summed E-state index contributed by atoms with van der Waals surface area (Å²) in [4.78, 5) is 26.8. The van der Waals surface area contributed by atoms with E-state index >= 15 is 0 Å². The van der Waals surface area contributed by atoms with E-state index in [0.717, 1.165) is 13.1 Å². The van der Waals surface area contributed by atoms with E-state index in [1.165, 1.54) is 0 Å². The van der Waals surface area contributed by atoms with Crippen molar-refractivity contribution in [2.75, 3.05) is 38.2 Å². The van der Waals surface area contributed by atoms with E-state index in [2.05, 4.69) is 24.1 Å². The largest absolute Gasteiger partial charge is 0.485 e. The van der Waals surface area contributed by atoms with Gasteiger partial charge in [-0.2, -0.15) is 0 Å². The van der Waals surface area contributed by atoms with Crippen LogP contribution in [0.25, 0.3) is 0 Å². The standard InChI is InChI=1S/C22H26N2O5/c1-3-24(4-2)13-14-27-22(26)16-9-11-17(12-10-16)23-21(25)20-15-28-18-7-5-6-8-19(18)29-20/h5-12,20H,3-4,13-15H2,1-2H3,(H,23,25)/t20-/m0/s1. The van der Waals surface area contributed by atoms with Crippen LogP contribution >= 0.6 is 0 Å². The molecule has 0 saturated heterocycles. The van der Waals surface area contributed by atoms with E-state index < -0.39 is 6.10 Å². The molecule has 29 heavy (non-hydrogen) atoms. The van der Waals surface area contributed by atoms with Crippen molar-refractivity contribution in [2.45, 2.75) is 20.0 Å². The van der Waals surface area contributed by atoms with Gasteiger partial charge in [-0.15, -0.1) is 0 Å². The molecule has 1 heterocycles. The Morgan fingerprint density at radius 1 is 1.07 bits per heavy atom. The number of anilines is 1. The summed E-state index contributed by atoms with van der Waals surface area (Å²) in [6.45, 7) is 7.18. The lowest BCUT2D eigenvalue weighted by Gasteiger charge is -2.25. The van der Waals surface area contributed by atoms with Crippen molar-refractivity contribution < 1.29 is 23.8 Å². The van der Waals surface area contributed by atoms with Gasteiger partial charge in [0.25, 0.3) is 5.91 Å². The summed E-state index contributed by atoms with van der Waals surface area (Å²) in [5.74, 6) is 0.479. The summed E-state index contributed by atoms with van der Waals surface area (Å²) >= 11 is 0. The minimum atomic E-state index is -0.741. The first-order chi connectivity index (χ1) is 14.1. The second-order valence-electron chi connectivity index (χ2n) is 6.59. The Morgan fingerprint density at radius 2 is 1.76 bits per heavy atom. The third-order valence-corrected chi connectivity index (χ3v) is 4.72. The van der Waals surface area contributed by atoms with Gasteiger partial charge in [-0.3, -0.25) is 4.79 Å². The third kappa shape index (κ3) is 5.48. The molecule has 0 radical (unpaired) electrons. The van der Waals surface area contributed by atoms with Crippen molar-refractivity contribution in [3.05, 3.63) is 54.1 Å². The number of hydrogen-bond donors (Lipinski definition) is 1. The van der Waals surface area contributed by atoms with Gasteiger partial charge in [0.15, 0.2) is 11.5 Å². The molecule has 3 rings (SSSR count). The Kier molecular flexibility index (Phi) is 7.08. The molecular weight excluding hydrogens is 372 g/mol. The van der Waals surface area contributed by atoms with Crippen LogP contribution in [0.2, 0.25) is 0 Å². The van der Waals surface area contributed by atoms with E-state index in [9.17, 15) is 9.59 Å². The van der Waals surface area contributed by atoms with Gasteiger partial charge in [-0.05, 0) is 49.5 Å². The number of fused-ring (bicyclic) bond motifs is 1. The van der Waals surface area contributed by atoms with Gasteiger partial charge in [0, 0.05) is 12.2 Å². The summed E-state index contributed by atoms with van der Waals surface area (Å²) in [6, 6.07) is 13.8. The Balaban J connectivity index is 1.50. The first-order valence-electron chi connectivity index (χ1n) is 9.79. The van der Waals surface area contributed by atoms with Gasteiger partial charge < -0.3 is 24.4 Å². The molecule has 0 bridgehead atoms. The van der Waals surface area contributed by atoms with Crippen LogP contribution in [0.3, 0.4) is 0 Å². The van der Waals surface area contributed by atoms with Gasteiger partial charge in [-0.25, -0.2) is 4.79 Å². The highest BCUT2D eigenvalue weighted by Gasteiger charge is 2.27. The zero-order valence-corrected chi connectivity index (χ0v) is 16.7. The predicted molar refractivity (Wildman–Crippen MR) is 109 cm³/mol. The average molecular weight is 398 g/mol. The number of amides is 1. The SMILES string of the molecule is CCN(CC)CCOC(=O)c1ccc(NC(=O)[C@@H]2COc3ccccc3O2)cc1. The quantitative estimate of drug-likeness (QED) is 0.689. The summed E-state index contributed by atoms with van der Waals surface area (Å²) in [5.41, 5.74) is 1.01.